The fraction of sp³-hybridized carbons (Fsp3) is 0.429. The molecule has 0 bridgehead atoms. The van der Waals surface area contributed by atoms with E-state index < -0.39 is 0 Å². The molecule has 0 saturated heterocycles. The van der Waals surface area contributed by atoms with E-state index in [-0.39, 0.29) is 0 Å². The molecule has 0 N–H and O–H groups in total. The fourth-order valence-electron chi connectivity index (χ4n) is 2.67. The molecule has 118 valence electrons. The van der Waals surface area contributed by atoms with Gasteiger partial charge in [0.05, 0.1) is 0 Å². The summed E-state index contributed by atoms with van der Waals surface area (Å²) in [5, 5.41) is 0. The molecule has 0 heterocycles. The maximum absolute atomic E-state index is 2.24. The number of thioether (sulfide) groups is 1. The third kappa shape index (κ3) is 7.70. The molecular weight excluding hydrogens is 284 g/mol. The molecule has 0 aliphatic heterocycles. The van der Waals surface area contributed by atoms with E-state index in [0.717, 1.165) is 0 Å². The van der Waals surface area contributed by atoms with Crippen molar-refractivity contribution >= 4 is 11.8 Å². The second kappa shape index (κ2) is 11.4. The van der Waals surface area contributed by atoms with Gasteiger partial charge in [-0.1, -0.05) is 80.6 Å². The summed E-state index contributed by atoms with van der Waals surface area (Å²) < 4.78 is 0. The standard InChI is InChI=1S/C21H28S/c1(2-4-8-14-20-15-9-6-10-16-20)3-5-13-19-22-21-17-11-7-12-18-21/h6-7,9-12,15-18H,1-5,8,13-14,19H2. The highest BCUT2D eigenvalue weighted by molar-refractivity contribution is 7.99. The van der Waals surface area contributed by atoms with Crippen LogP contribution in [-0.2, 0) is 6.42 Å². The summed E-state index contributed by atoms with van der Waals surface area (Å²) in [5.74, 6) is 1.26. The van der Waals surface area contributed by atoms with Crippen LogP contribution in [0.1, 0.15) is 50.5 Å². The summed E-state index contributed by atoms with van der Waals surface area (Å²) in [7, 11) is 0. The van der Waals surface area contributed by atoms with Crippen molar-refractivity contribution in [3.05, 3.63) is 66.2 Å². The van der Waals surface area contributed by atoms with Crippen LogP contribution < -0.4 is 0 Å². The normalized spacial score (nSPS) is 10.7. The Morgan fingerprint density at radius 1 is 0.545 bits per heavy atom. The fourth-order valence-corrected chi connectivity index (χ4v) is 3.60. The topological polar surface area (TPSA) is 0 Å². The van der Waals surface area contributed by atoms with Gasteiger partial charge in [0.25, 0.3) is 0 Å². The Bertz CT molecular complexity index is 430. The summed E-state index contributed by atoms with van der Waals surface area (Å²) in [6, 6.07) is 21.6. The van der Waals surface area contributed by atoms with Crippen molar-refractivity contribution in [3.8, 4) is 0 Å². The van der Waals surface area contributed by atoms with Gasteiger partial charge in [0.15, 0.2) is 0 Å². The van der Waals surface area contributed by atoms with Crippen molar-refractivity contribution < 1.29 is 0 Å². The zero-order chi connectivity index (χ0) is 15.3. The first-order valence-electron chi connectivity index (χ1n) is 8.67. The Balaban J connectivity index is 1.37. The molecule has 2 rings (SSSR count). The van der Waals surface area contributed by atoms with Crippen molar-refractivity contribution in [2.45, 2.75) is 56.3 Å². The van der Waals surface area contributed by atoms with Crippen LogP contribution >= 0.6 is 11.8 Å². The van der Waals surface area contributed by atoms with Gasteiger partial charge in [-0.2, -0.15) is 0 Å². The van der Waals surface area contributed by atoms with Crippen molar-refractivity contribution in [2.75, 3.05) is 5.75 Å². The number of aryl methyl sites for hydroxylation is 1. The second-order valence-corrected chi connectivity index (χ2v) is 7.04. The van der Waals surface area contributed by atoms with Gasteiger partial charge >= 0.3 is 0 Å². The van der Waals surface area contributed by atoms with E-state index in [0.29, 0.717) is 0 Å². The third-order valence-electron chi connectivity index (χ3n) is 3.96. The molecule has 0 unspecified atom stereocenters. The molecule has 0 saturated carbocycles. The number of rotatable bonds is 11. The number of unbranched alkanes of at least 4 members (excludes halogenated alkanes) is 6. The zero-order valence-corrected chi connectivity index (χ0v) is 14.4. The van der Waals surface area contributed by atoms with E-state index in [9.17, 15) is 0 Å². The molecule has 2 aromatic rings. The number of hydrogen-bond donors (Lipinski definition) is 0. The highest BCUT2D eigenvalue weighted by atomic mass is 32.2. The molecular formula is C21H28S. The Morgan fingerprint density at radius 2 is 1.09 bits per heavy atom. The maximum Gasteiger partial charge on any atom is 0.00719 e. The molecule has 0 aromatic heterocycles. The van der Waals surface area contributed by atoms with E-state index in [2.05, 4.69) is 60.7 Å². The van der Waals surface area contributed by atoms with E-state index in [4.69, 9.17) is 0 Å². The molecule has 1 heteroatoms. The van der Waals surface area contributed by atoms with Crippen LogP contribution in [0.3, 0.4) is 0 Å². The predicted octanol–water partition coefficient (Wildman–Crippen LogP) is 6.75. The predicted molar refractivity (Wildman–Crippen MR) is 99.6 cm³/mol. The van der Waals surface area contributed by atoms with Crippen LogP contribution in [0, 0.1) is 0 Å². The Hall–Kier alpha value is -1.21. The van der Waals surface area contributed by atoms with Crippen molar-refractivity contribution in [1.82, 2.24) is 0 Å². The maximum atomic E-state index is 2.24. The van der Waals surface area contributed by atoms with Crippen molar-refractivity contribution in [3.63, 3.8) is 0 Å². The minimum atomic E-state index is 1.24. The molecule has 0 aliphatic rings. The molecule has 2 aromatic carbocycles. The lowest BCUT2D eigenvalue weighted by Gasteiger charge is -2.03. The first kappa shape index (κ1) is 17.1. The van der Waals surface area contributed by atoms with Crippen LogP contribution in [0.4, 0.5) is 0 Å². The third-order valence-corrected chi connectivity index (χ3v) is 5.06. The van der Waals surface area contributed by atoms with E-state index in [1.807, 2.05) is 11.8 Å². The Labute approximate surface area is 140 Å². The van der Waals surface area contributed by atoms with E-state index >= 15 is 0 Å². The Morgan fingerprint density at radius 3 is 1.77 bits per heavy atom. The lowest BCUT2D eigenvalue weighted by molar-refractivity contribution is 0.590. The number of hydrogen-bond acceptors (Lipinski definition) is 1. The molecule has 22 heavy (non-hydrogen) atoms. The minimum absolute atomic E-state index is 1.24. The smallest absolute Gasteiger partial charge is 0.00719 e. The molecule has 0 fully saturated rings. The van der Waals surface area contributed by atoms with Crippen LogP contribution in [0.5, 0.6) is 0 Å². The van der Waals surface area contributed by atoms with Gasteiger partial charge in [-0.15, -0.1) is 11.8 Å². The average Bonchev–Trinajstić information content (AvgIpc) is 2.58. The molecule has 0 amide bonds. The quantitative estimate of drug-likeness (QED) is 0.326. The summed E-state index contributed by atoms with van der Waals surface area (Å²) >= 11 is 1.99. The van der Waals surface area contributed by atoms with Gasteiger partial charge in [0.1, 0.15) is 0 Å². The van der Waals surface area contributed by atoms with Gasteiger partial charge < -0.3 is 0 Å². The molecule has 0 atom stereocenters. The summed E-state index contributed by atoms with van der Waals surface area (Å²) in [6.07, 6.45) is 10.9. The van der Waals surface area contributed by atoms with Crippen LogP contribution in [0.2, 0.25) is 0 Å². The monoisotopic (exact) mass is 312 g/mol. The van der Waals surface area contributed by atoms with E-state index in [1.165, 1.54) is 67.6 Å². The molecule has 0 nitrogen and oxygen atoms in total. The zero-order valence-electron chi connectivity index (χ0n) is 13.5. The van der Waals surface area contributed by atoms with Crippen molar-refractivity contribution in [1.29, 1.82) is 0 Å². The average molecular weight is 313 g/mol. The number of benzene rings is 2. The summed E-state index contributed by atoms with van der Waals surface area (Å²) in [5.41, 5.74) is 1.49. The van der Waals surface area contributed by atoms with Gasteiger partial charge in [-0.25, -0.2) is 0 Å². The molecule has 0 aliphatic carbocycles. The lowest BCUT2D eigenvalue weighted by atomic mass is 10.0. The van der Waals surface area contributed by atoms with Crippen LogP contribution in [-0.4, -0.2) is 5.75 Å². The minimum Gasteiger partial charge on any atom is -0.126 e. The highest BCUT2D eigenvalue weighted by Crippen LogP contribution is 2.19. The summed E-state index contributed by atoms with van der Waals surface area (Å²) in [6.45, 7) is 0. The van der Waals surface area contributed by atoms with Crippen LogP contribution in [0.25, 0.3) is 0 Å². The highest BCUT2D eigenvalue weighted by Gasteiger charge is 1.95. The molecule has 0 radical (unpaired) electrons. The SMILES string of the molecule is c1ccc(CCCCCCCCCSc2ccccc2)cc1. The first-order valence-corrected chi connectivity index (χ1v) is 9.65. The van der Waals surface area contributed by atoms with E-state index in [1.54, 1.807) is 0 Å². The van der Waals surface area contributed by atoms with Crippen LogP contribution in [0.15, 0.2) is 65.6 Å². The second-order valence-electron chi connectivity index (χ2n) is 5.87. The first-order chi connectivity index (χ1) is 10.9. The van der Waals surface area contributed by atoms with Crippen molar-refractivity contribution in [2.24, 2.45) is 0 Å². The molecule has 0 spiro atoms. The van der Waals surface area contributed by atoms with Gasteiger partial charge in [-0.05, 0) is 42.7 Å². The van der Waals surface area contributed by atoms with Gasteiger partial charge in [-0.3, -0.25) is 0 Å². The lowest BCUT2D eigenvalue weighted by Crippen LogP contribution is -1.86. The summed E-state index contributed by atoms with van der Waals surface area (Å²) in [4.78, 5) is 1.41. The Kier molecular flexibility index (Phi) is 8.86. The van der Waals surface area contributed by atoms with Gasteiger partial charge in [0.2, 0.25) is 0 Å². The van der Waals surface area contributed by atoms with Gasteiger partial charge in [0, 0.05) is 4.90 Å². The largest absolute Gasteiger partial charge is 0.126 e.